The normalized spacial score (nSPS) is 14.2. The van der Waals surface area contributed by atoms with E-state index in [0.29, 0.717) is 24.7 Å². The maximum atomic E-state index is 13.5. The van der Waals surface area contributed by atoms with E-state index in [0.717, 1.165) is 39.5 Å². The highest BCUT2D eigenvalue weighted by atomic mass is 79.9. The van der Waals surface area contributed by atoms with E-state index in [-0.39, 0.29) is 11.2 Å². The summed E-state index contributed by atoms with van der Waals surface area (Å²) >= 11 is 4.94. The Kier molecular flexibility index (Phi) is 6.69. The van der Waals surface area contributed by atoms with Crippen LogP contribution in [0.1, 0.15) is 30.0 Å². The van der Waals surface area contributed by atoms with Crippen molar-refractivity contribution in [1.82, 2.24) is 24.6 Å². The van der Waals surface area contributed by atoms with Crippen LogP contribution in [-0.2, 0) is 24.3 Å². The van der Waals surface area contributed by atoms with Crippen LogP contribution in [-0.4, -0.2) is 42.4 Å². The van der Waals surface area contributed by atoms with Gasteiger partial charge in [0.05, 0.1) is 10.8 Å². The number of benzene rings is 3. The number of nitrogens with zero attached hydrogens (tertiary/aromatic N) is 5. The van der Waals surface area contributed by atoms with E-state index < -0.39 is 0 Å². The third kappa shape index (κ3) is 4.76. The Morgan fingerprint density at radius 2 is 1.76 bits per heavy atom. The van der Waals surface area contributed by atoms with Crippen molar-refractivity contribution in [3.05, 3.63) is 94.0 Å². The summed E-state index contributed by atoms with van der Waals surface area (Å²) in [5.74, 6) is 0.140. The van der Waals surface area contributed by atoms with Crippen LogP contribution in [0.5, 0.6) is 0 Å². The van der Waals surface area contributed by atoms with E-state index in [1.165, 1.54) is 28.5 Å². The molecule has 0 saturated heterocycles. The number of aromatic nitrogens is 4. The molecule has 0 saturated carbocycles. The minimum absolute atomic E-state index is 0.140. The zero-order valence-corrected chi connectivity index (χ0v) is 22.9. The molecule has 5 aromatic rings. The number of hydrogen-bond acceptors (Lipinski definition) is 5. The SMILES string of the molecule is CCC(Sc1nnc2c3ccccc3n(Cc3ccc(Br)cc3)c2n1)C(=O)N1CCc2ccccc2C1. The number of para-hydroxylation sites is 1. The quantitative estimate of drug-likeness (QED) is 0.225. The topological polar surface area (TPSA) is 63.9 Å². The van der Waals surface area contributed by atoms with Gasteiger partial charge in [0.1, 0.15) is 5.52 Å². The molecular formula is C29H26BrN5OS. The molecule has 0 N–H and O–H groups in total. The average molecular weight is 573 g/mol. The van der Waals surface area contributed by atoms with Crippen LogP contribution in [0.4, 0.5) is 0 Å². The van der Waals surface area contributed by atoms with Crippen LogP contribution in [0.15, 0.2) is 82.4 Å². The van der Waals surface area contributed by atoms with Crippen LogP contribution in [0.25, 0.3) is 22.1 Å². The third-order valence-corrected chi connectivity index (χ3v) is 8.68. The predicted octanol–water partition coefficient (Wildman–Crippen LogP) is 6.25. The van der Waals surface area contributed by atoms with Crippen molar-refractivity contribution in [2.75, 3.05) is 6.54 Å². The van der Waals surface area contributed by atoms with Crippen molar-refractivity contribution in [1.29, 1.82) is 0 Å². The molecule has 1 unspecified atom stereocenters. The summed E-state index contributed by atoms with van der Waals surface area (Å²) in [5, 5.41) is 10.3. The Hall–Kier alpha value is -3.23. The molecule has 1 amide bonds. The maximum absolute atomic E-state index is 13.5. The van der Waals surface area contributed by atoms with Gasteiger partial charge in [-0.2, -0.15) is 0 Å². The molecule has 1 aliphatic heterocycles. The van der Waals surface area contributed by atoms with Crippen LogP contribution >= 0.6 is 27.7 Å². The minimum Gasteiger partial charge on any atom is -0.337 e. The Morgan fingerprint density at radius 3 is 2.57 bits per heavy atom. The number of thioether (sulfide) groups is 1. The molecule has 3 aromatic carbocycles. The van der Waals surface area contributed by atoms with Gasteiger partial charge in [0, 0.05) is 29.5 Å². The summed E-state index contributed by atoms with van der Waals surface area (Å²) in [6.45, 7) is 4.12. The first kappa shape index (κ1) is 24.1. The number of amides is 1. The summed E-state index contributed by atoms with van der Waals surface area (Å²) in [6.07, 6.45) is 1.59. The second kappa shape index (κ2) is 10.3. The number of carbonyl (C=O) groups excluding carboxylic acids is 1. The van der Waals surface area contributed by atoms with Crippen molar-refractivity contribution >= 4 is 55.7 Å². The van der Waals surface area contributed by atoms with Gasteiger partial charge in [0.2, 0.25) is 11.1 Å². The van der Waals surface area contributed by atoms with Gasteiger partial charge in [0.15, 0.2) is 5.65 Å². The fraction of sp³-hybridized carbons (Fsp3) is 0.241. The monoisotopic (exact) mass is 571 g/mol. The Labute approximate surface area is 228 Å². The molecule has 3 heterocycles. The lowest BCUT2D eigenvalue weighted by Gasteiger charge is -2.31. The molecule has 0 spiro atoms. The van der Waals surface area contributed by atoms with Crippen molar-refractivity contribution in [3.63, 3.8) is 0 Å². The fourth-order valence-corrected chi connectivity index (χ4v) is 6.16. The summed E-state index contributed by atoms with van der Waals surface area (Å²) in [4.78, 5) is 20.4. The molecule has 0 radical (unpaired) electrons. The summed E-state index contributed by atoms with van der Waals surface area (Å²) in [7, 11) is 0. The predicted molar refractivity (Wildman–Crippen MR) is 152 cm³/mol. The molecule has 37 heavy (non-hydrogen) atoms. The molecule has 186 valence electrons. The second-order valence-corrected chi connectivity index (χ2v) is 11.4. The van der Waals surface area contributed by atoms with Crippen molar-refractivity contribution in [3.8, 4) is 0 Å². The average Bonchev–Trinajstić information content (AvgIpc) is 3.25. The lowest BCUT2D eigenvalue weighted by Crippen LogP contribution is -2.40. The highest BCUT2D eigenvalue weighted by Gasteiger charge is 2.28. The van der Waals surface area contributed by atoms with E-state index in [9.17, 15) is 4.79 Å². The highest BCUT2D eigenvalue weighted by Crippen LogP contribution is 2.31. The summed E-state index contributed by atoms with van der Waals surface area (Å²) in [6, 6.07) is 24.9. The van der Waals surface area contributed by atoms with Crippen LogP contribution in [0.3, 0.4) is 0 Å². The van der Waals surface area contributed by atoms with Gasteiger partial charge in [-0.15, -0.1) is 10.2 Å². The third-order valence-electron chi connectivity index (χ3n) is 6.94. The van der Waals surface area contributed by atoms with Crippen LogP contribution in [0.2, 0.25) is 0 Å². The Balaban J connectivity index is 1.31. The van der Waals surface area contributed by atoms with E-state index in [2.05, 4.69) is 73.2 Å². The van der Waals surface area contributed by atoms with Crippen molar-refractivity contribution in [2.45, 2.75) is 43.3 Å². The van der Waals surface area contributed by atoms with Gasteiger partial charge in [-0.3, -0.25) is 4.79 Å². The first-order chi connectivity index (χ1) is 18.1. The number of fused-ring (bicyclic) bond motifs is 4. The molecule has 6 nitrogen and oxygen atoms in total. The van der Waals surface area contributed by atoms with Gasteiger partial charge in [-0.05, 0) is 47.7 Å². The second-order valence-electron chi connectivity index (χ2n) is 9.29. The molecule has 0 bridgehead atoms. The highest BCUT2D eigenvalue weighted by molar-refractivity contribution is 9.10. The summed E-state index contributed by atoms with van der Waals surface area (Å²) < 4.78 is 3.24. The molecule has 1 atom stereocenters. The molecule has 0 aliphatic carbocycles. The zero-order chi connectivity index (χ0) is 25.4. The number of rotatable bonds is 6. The number of hydrogen-bond donors (Lipinski definition) is 0. The van der Waals surface area contributed by atoms with Gasteiger partial charge in [-0.25, -0.2) is 4.98 Å². The minimum atomic E-state index is -0.256. The van der Waals surface area contributed by atoms with E-state index >= 15 is 0 Å². The van der Waals surface area contributed by atoms with Gasteiger partial charge in [-0.1, -0.05) is 89.2 Å². The molecule has 2 aromatic heterocycles. The Bertz CT molecular complexity index is 1600. The first-order valence-electron chi connectivity index (χ1n) is 12.5. The molecule has 8 heteroatoms. The van der Waals surface area contributed by atoms with E-state index in [1.807, 2.05) is 42.2 Å². The first-order valence-corrected chi connectivity index (χ1v) is 14.2. The molecule has 1 aliphatic rings. The number of carbonyl (C=O) groups is 1. The zero-order valence-electron chi connectivity index (χ0n) is 20.5. The van der Waals surface area contributed by atoms with Gasteiger partial charge >= 0.3 is 0 Å². The lowest BCUT2D eigenvalue weighted by molar-refractivity contribution is -0.131. The fourth-order valence-electron chi connectivity index (χ4n) is 4.99. The lowest BCUT2D eigenvalue weighted by atomic mass is 9.99. The Morgan fingerprint density at radius 1 is 1.00 bits per heavy atom. The van der Waals surface area contributed by atoms with Crippen molar-refractivity contribution in [2.24, 2.45) is 0 Å². The van der Waals surface area contributed by atoms with Crippen molar-refractivity contribution < 1.29 is 4.79 Å². The smallest absolute Gasteiger partial charge is 0.236 e. The number of halogens is 1. The molecule has 6 rings (SSSR count). The van der Waals surface area contributed by atoms with Gasteiger partial charge < -0.3 is 9.47 Å². The van der Waals surface area contributed by atoms with E-state index in [4.69, 9.17) is 4.98 Å². The largest absolute Gasteiger partial charge is 0.337 e. The van der Waals surface area contributed by atoms with Crippen LogP contribution < -0.4 is 0 Å². The maximum Gasteiger partial charge on any atom is 0.236 e. The molecule has 0 fully saturated rings. The van der Waals surface area contributed by atoms with Gasteiger partial charge in [0.25, 0.3) is 0 Å². The molecular weight excluding hydrogens is 546 g/mol. The standard InChI is InChI=1S/C29H26BrN5OS/c1-2-25(28(36)34-16-15-20-7-3-4-8-21(20)18-34)37-29-31-27-26(32-33-29)23-9-5-6-10-24(23)35(27)17-19-11-13-22(30)14-12-19/h3-14,25H,2,15-18H2,1H3. The summed E-state index contributed by atoms with van der Waals surface area (Å²) in [5.41, 5.74) is 6.38. The van der Waals surface area contributed by atoms with Crippen LogP contribution in [0, 0.1) is 0 Å². The van der Waals surface area contributed by atoms with E-state index in [1.54, 1.807) is 0 Å².